The molecule has 3 heterocycles. The molecule has 1 atom stereocenters. The summed E-state index contributed by atoms with van der Waals surface area (Å²) in [5.41, 5.74) is 3.36. The Morgan fingerprint density at radius 3 is 2.38 bits per heavy atom. The van der Waals surface area contributed by atoms with E-state index in [-0.39, 0.29) is 28.9 Å². The van der Waals surface area contributed by atoms with E-state index in [4.69, 9.17) is 14.2 Å². The molecule has 0 aliphatic heterocycles. The Labute approximate surface area is 227 Å². The first-order valence-corrected chi connectivity index (χ1v) is 12.3. The Morgan fingerprint density at radius 1 is 1.05 bits per heavy atom. The number of carbonyl (C=O) groups excluding carboxylic acids is 2. The Balaban J connectivity index is 1.62. The number of alkyl halides is 3. The van der Waals surface area contributed by atoms with E-state index in [9.17, 15) is 22.8 Å². The average Bonchev–Trinajstić information content (AvgIpc) is 3.57. The fourth-order valence-electron chi connectivity index (χ4n) is 4.18. The first kappa shape index (κ1) is 28.5. The molecular weight excluding hydrogens is 531 g/mol. The number of hydrogen-bond donors (Lipinski definition) is 1. The number of halogens is 3. The van der Waals surface area contributed by atoms with Crippen LogP contribution in [0.5, 0.6) is 11.5 Å². The van der Waals surface area contributed by atoms with Gasteiger partial charge in [0.15, 0.2) is 0 Å². The third kappa shape index (κ3) is 6.19. The lowest BCUT2D eigenvalue weighted by molar-refractivity contribution is -0.147. The third-order valence-electron chi connectivity index (χ3n) is 6.11. The monoisotopic (exact) mass is 559 g/mol. The summed E-state index contributed by atoms with van der Waals surface area (Å²) in [5, 5.41) is 6.20. The Kier molecular flexibility index (Phi) is 8.31. The maximum absolute atomic E-state index is 12.6. The zero-order chi connectivity index (χ0) is 29.0. The Bertz CT molecular complexity index is 1500. The molecule has 1 unspecified atom stereocenters. The van der Waals surface area contributed by atoms with E-state index >= 15 is 0 Å². The van der Waals surface area contributed by atoms with Crippen LogP contribution in [0.25, 0.3) is 28.0 Å². The second kappa shape index (κ2) is 11.7. The number of carbonyl (C=O) groups is 2. The molecule has 0 aliphatic rings. The number of amides is 1. The fourth-order valence-corrected chi connectivity index (χ4v) is 4.18. The highest BCUT2D eigenvalue weighted by atomic mass is 19.4. The molecule has 4 aromatic rings. The number of esters is 1. The van der Waals surface area contributed by atoms with Crippen LogP contribution < -0.4 is 14.8 Å². The second-order valence-electron chi connectivity index (χ2n) is 8.94. The predicted octanol–water partition coefficient (Wildman–Crippen LogP) is 4.37. The van der Waals surface area contributed by atoms with Crippen LogP contribution in [-0.2, 0) is 16.1 Å². The van der Waals surface area contributed by atoms with Crippen molar-refractivity contribution in [3.63, 3.8) is 0 Å². The molecule has 1 aromatic carbocycles. The van der Waals surface area contributed by atoms with Crippen LogP contribution >= 0.6 is 0 Å². The van der Waals surface area contributed by atoms with Crippen molar-refractivity contribution in [1.82, 2.24) is 24.5 Å². The minimum absolute atomic E-state index is 0.0463. The number of rotatable bonds is 10. The SMILES string of the molecule is CCOC(=O)C(C)Cn1cc(-c2ccn3c(-c4cc(OC)c(C(=O)NCC(F)(F)F)c(OC)c4)cnc3c2)cn1. The van der Waals surface area contributed by atoms with Crippen molar-refractivity contribution in [3.05, 3.63) is 54.6 Å². The number of nitrogens with one attached hydrogen (secondary N) is 1. The van der Waals surface area contributed by atoms with E-state index < -0.39 is 18.6 Å². The molecule has 1 N–H and O–H groups in total. The van der Waals surface area contributed by atoms with Gasteiger partial charge in [-0.05, 0) is 36.8 Å². The highest BCUT2D eigenvalue weighted by Gasteiger charge is 2.30. The molecule has 13 heteroatoms. The predicted molar refractivity (Wildman–Crippen MR) is 139 cm³/mol. The summed E-state index contributed by atoms with van der Waals surface area (Å²) in [6.07, 6.45) is 2.41. The van der Waals surface area contributed by atoms with Crippen molar-refractivity contribution in [2.45, 2.75) is 26.6 Å². The first-order valence-electron chi connectivity index (χ1n) is 12.3. The van der Waals surface area contributed by atoms with Crippen LogP contribution in [0.3, 0.4) is 0 Å². The van der Waals surface area contributed by atoms with E-state index in [2.05, 4.69) is 10.1 Å². The molecule has 0 saturated carbocycles. The summed E-state index contributed by atoms with van der Waals surface area (Å²) < 4.78 is 57.1. The lowest BCUT2D eigenvalue weighted by Gasteiger charge is -2.16. The van der Waals surface area contributed by atoms with Gasteiger partial charge in [0.1, 0.15) is 29.3 Å². The number of hydrogen-bond acceptors (Lipinski definition) is 7. The molecular formula is C27H28F3N5O5. The molecule has 0 fully saturated rings. The molecule has 10 nitrogen and oxygen atoms in total. The van der Waals surface area contributed by atoms with Gasteiger partial charge in [0.2, 0.25) is 0 Å². The van der Waals surface area contributed by atoms with Gasteiger partial charge in [-0.1, -0.05) is 6.92 Å². The van der Waals surface area contributed by atoms with Gasteiger partial charge < -0.3 is 19.5 Å². The Morgan fingerprint density at radius 2 is 1.75 bits per heavy atom. The zero-order valence-electron chi connectivity index (χ0n) is 22.3. The number of pyridine rings is 1. The summed E-state index contributed by atoms with van der Waals surface area (Å²) in [5.74, 6) is -1.51. The summed E-state index contributed by atoms with van der Waals surface area (Å²) in [4.78, 5) is 29.0. The van der Waals surface area contributed by atoms with Gasteiger partial charge in [-0.2, -0.15) is 18.3 Å². The van der Waals surface area contributed by atoms with Crippen LogP contribution in [0, 0.1) is 5.92 Å². The zero-order valence-corrected chi connectivity index (χ0v) is 22.3. The van der Waals surface area contributed by atoms with Crippen LogP contribution in [0.1, 0.15) is 24.2 Å². The van der Waals surface area contributed by atoms with Gasteiger partial charge in [0.05, 0.1) is 51.4 Å². The standard InChI is InChI=1S/C27H28F3N5O5/c1-5-40-26(37)16(2)13-34-14-19(11-33-34)17-6-7-35-20(12-31-23(35)10-17)18-8-21(38-3)24(22(9-18)39-4)25(36)32-15-27(28,29)30/h6-12,14,16H,5,13,15H2,1-4H3,(H,32,36). The number of fused-ring (bicyclic) bond motifs is 1. The van der Waals surface area contributed by atoms with Crippen molar-refractivity contribution >= 4 is 17.5 Å². The van der Waals surface area contributed by atoms with E-state index in [0.717, 1.165) is 11.1 Å². The Hall–Kier alpha value is -4.55. The van der Waals surface area contributed by atoms with Crippen molar-refractivity contribution in [2.75, 3.05) is 27.4 Å². The molecule has 3 aromatic heterocycles. The van der Waals surface area contributed by atoms with Crippen molar-refractivity contribution < 1.29 is 37.0 Å². The first-order chi connectivity index (χ1) is 19.0. The highest BCUT2D eigenvalue weighted by Crippen LogP contribution is 2.36. The summed E-state index contributed by atoms with van der Waals surface area (Å²) in [6.45, 7) is 2.75. The van der Waals surface area contributed by atoms with E-state index in [1.54, 1.807) is 30.9 Å². The molecule has 40 heavy (non-hydrogen) atoms. The molecule has 212 valence electrons. The second-order valence-corrected chi connectivity index (χ2v) is 8.94. The van der Waals surface area contributed by atoms with E-state index in [0.29, 0.717) is 30.1 Å². The van der Waals surface area contributed by atoms with Gasteiger partial charge in [0.25, 0.3) is 5.91 Å². The minimum Gasteiger partial charge on any atom is -0.496 e. The molecule has 0 bridgehead atoms. The maximum Gasteiger partial charge on any atom is 0.405 e. The fraction of sp³-hybridized carbons (Fsp3) is 0.333. The van der Waals surface area contributed by atoms with Gasteiger partial charge >= 0.3 is 12.1 Å². The lowest BCUT2D eigenvalue weighted by Crippen LogP contribution is -2.34. The molecule has 0 aliphatic carbocycles. The number of imidazole rings is 1. The lowest BCUT2D eigenvalue weighted by atomic mass is 10.1. The maximum atomic E-state index is 12.6. The average molecular weight is 560 g/mol. The number of aromatic nitrogens is 4. The largest absolute Gasteiger partial charge is 0.496 e. The van der Waals surface area contributed by atoms with Gasteiger partial charge in [-0.3, -0.25) is 18.7 Å². The van der Waals surface area contributed by atoms with Gasteiger partial charge in [0, 0.05) is 23.5 Å². The van der Waals surface area contributed by atoms with Gasteiger partial charge in [-0.25, -0.2) is 4.98 Å². The van der Waals surface area contributed by atoms with Crippen LogP contribution in [0.4, 0.5) is 13.2 Å². The third-order valence-corrected chi connectivity index (χ3v) is 6.11. The number of nitrogens with zero attached hydrogens (tertiary/aromatic N) is 4. The molecule has 0 spiro atoms. The van der Waals surface area contributed by atoms with E-state index in [1.807, 2.05) is 34.2 Å². The highest BCUT2D eigenvalue weighted by molar-refractivity contribution is 6.00. The molecule has 0 radical (unpaired) electrons. The summed E-state index contributed by atoms with van der Waals surface area (Å²) >= 11 is 0. The number of ether oxygens (including phenoxy) is 3. The number of benzene rings is 1. The smallest absolute Gasteiger partial charge is 0.405 e. The van der Waals surface area contributed by atoms with Gasteiger partial charge in [-0.15, -0.1) is 0 Å². The van der Waals surface area contributed by atoms with Crippen LogP contribution in [-0.4, -0.2) is 64.6 Å². The normalized spacial score (nSPS) is 12.3. The molecule has 1 amide bonds. The quantitative estimate of drug-likeness (QED) is 0.288. The van der Waals surface area contributed by atoms with Crippen LogP contribution in [0.2, 0.25) is 0 Å². The topological polar surface area (TPSA) is 109 Å². The number of methoxy groups -OCH3 is 2. The van der Waals surface area contributed by atoms with E-state index in [1.165, 1.54) is 26.4 Å². The summed E-state index contributed by atoms with van der Waals surface area (Å²) in [7, 11) is 2.63. The minimum atomic E-state index is -4.56. The molecule has 0 saturated heterocycles. The summed E-state index contributed by atoms with van der Waals surface area (Å²) in [6, 6.07) is 6.82. The van der Waals surface area contributed by atoms with Crippen molar-refractivity contribution in [1.29, 1.82) is 0 Å². The van der Waals surface area contributed by atoms with Crippen molar-refractivity contribution in [2.24, 2.45) is 5.92 Å². The van der Waals surface area contributed by atoms with Crippen LogP contribution in [0.15, 0.2) is 49.1 Å². The van der Waals surface area contributed by atoms with Crippen molar-refractivity contribution in [3.8, 4) is 33.9 Å². The molecule has 4 rings (SSSR count).